The third-order valence-corrected chi connectivity index (χ3v) is 6.54. The van der Waals surface area contributed by atoms with Gasteiger partial charge in [0.05, 0.1) is 13.2 Å². The van der Waals surface area contributed by atoms with Gasteiger partial charge in [-0.3, -0.25) is 4.79 Å². The quantitative estimate of drug-likeness (QED) is 0.649. The lowest BCUT2D eigenvalue weighted by Gasteiger charge is -2.32. The second-order valence-corrected chi connectivity index (χ2v) is 9.06. The molecule has 1 aliphatic heterocycles. The predicted octanol–water partition coefficient (Wildman–Crippen LogP) is 3.25. The van der Waals surface area contributed by atoms with Crippen LogP contribution in [0.1, 0.15) is 37.3 Å². The molecule has 2 aliphatic rings. The normalized spacial score (nSPS) is 18.2. The molecule has 1 saturated heterocycles. The highest BCUT2D eigenvalue weighted by Gasteiger charge is 2.32. The molecule has 1 fully saturated rings. The number of rotatable bonds is 7. The number of carboxylic acids is 1. The van der Waals surface area contributed by atoms with E-state index in [1.54, 1.807) is 0 Å². The van der Waals surface area contributed by atoms with Crippen molar-refractivity contribution in [2.75, 3.05) is 26.3 Å². The van der Waals surface area contributed by atoms with Crippen LogP contribution in [0.5, 0.6) is 0 Å². The van der Waals surface area contributed by atoms with Crippen molar-refractivity contribution in [1.29, 1.82) is 0 Å². The number of morpholine rings is 1. The van der Waals surface area contributed by atoms with Crippen molar-refractivity contribution in [3.05, 3.63) is 59.7 Å². The summed E-state index contributed by atoms with van der Waals surface area (Å²) in [4.78, 5) is 38.2. The fourth-order valence-corrected chi connectivity index (χ4v) is 4.59. The molecule has 2 N–H and O–H groups in total. The second kappa shape index (κ2) is 10.3. The lowest BCUT2D eigenvalue weighted by Crippen LogP contribution is -2.50. The number of hydrogen-bond acceptors (Lipinski definition) is 5. The molecule has 180 valence electrons. The minimum absolute atomic E-state index is 0.00390. The van der Waals surface area contributed by atoms with Gasteiger partial charge in [0.15, 0.2) is 6.10 Å². The van der Waals surface area contributed by atoms with E-state index in [4.69, 9.17) is 14.6 Å². The Bertz CT molecular complexity index is 1020. The maximum Gasteiger partial charge on any atom is 0.407 e. The number of alkyl carbamates (subject to hydrolysis) is 1. The van der Waals surface area contributed by atoms with E-state index in [1.807, 2.05) is 38.1 Å². The highest BCUT2D eigenvalue weighted by molar-refractivity contribution is 5.80. The third-order valence-electron chi connectivity index (χ3n) is 6.54. The molecule has 0 radical (unpaired) electrons. The Labute approximate surface area is 198 Å². The third kappa shape index (κ3) is 5.07. The number of fused-ring (bicyclic) bond motifs is 3. The van der Waals surface area contributed by atoms with Crippen molar-refractivity contribution >= 4 is 18.0 Å². The molecule has 4 rings (SSSR count). The first-order valence-corrected chi connectivity index (χ1v) is 11.6. The number of nitrogens with zero attached hydrogens (tertiary/aromatic N) is 1. The zero-order chi connectivity index (χ0) is 24.2. The Morgan fingerprint density at radius 3 is 2.29 bits per heavy atom. The van der Waals surface area contributed by atoms with Crippen LogP contribution >= 0.6 is 0 Å². The average Bonchev–Trinajstić information content (AvgIpc) is 3.16. The smallest absolute Gasteiger partial charge is 0.407 e. The van der Waals surface area contributed by atoms with Crippen LogP contribution in [0.15, 0.2) is 48.5 Å². The Balaban J connectivity index is 1.36. The van der Waals surface area contributed by atoms with Crippen LogP contribution in [0.2, 0.25) is 0 Å². The van der Waals surface area contributed by atoms with Gasteiger partial charge >= 0.3 is 12.1 Å². The van der Waals surface area contributed by atoms with E-state index < -0.39 is 24.2 Å². The first-order chi connectivity index (χ1) is 16.3. The molecule has 2 unspecified atom stereocenters. The number of amides is 2. The fourth-order valence-electron chi connectivity index (χ4n) is 4.59. The maximum absolute atomic E-state index is 12.8. The van der Waals surface area contributed by atoms with E-state index in [9.17, 15) is 14.4 Å². The molecule has 0 aromatic heterocycles. The number of carbonyl (C=O) groups excluding carboxylic acids is 2. The summed E-state index contributed by atoms with van der Waals surface area (Å²) >= 11 is 0. The minimum atomic E-state index is -1.09. The van der Waals surface area contributed by atoms with E-state index in [0.29, 0.717) is 6.54 Å². The van der Waals surface area contributed by atoms with Crippen molar-refractivity contribution in [1.82, 2.24) is 10.2 Å². The van der Waals surface area contributed by atoms with Crippen LogP contribution in [0.25, 0.3) is 11.1 Å². The number of benzene rings is 2. The number of carboxylic acid groups (broad SMARTS) is 1. The SMILES string of the molecule is CC(C)C(CC(=O)N1CCOC(C(=O)O)C1)NC(=O)OCC1c2ccccc2-c2ccccc21. The molecule has 34 heavy (non-hydrogen) atoms. The Hall–Kier alpha value is -3.39. The minimum Gasteiger partial charge on any atom is -0.479 e. The number of nitrogens with one attached hydrogen (secondary N) is 1. The van der Waals surface area contributed by atoms with Gasteiger partial charge in [0.25, 0.3) is 0 Å². The summed E-state index contributed by atoms with van der Waals surface area (Å²) in [6, 6.07) is 15.8. The van der Waals surface area contributed by atoms with Crippen LogP contribution in [0.3, 0.4) is 0 Å². The monoisotopic (exact) mass is 466 g/mol. The number of hydrogen-bond donors (Lipinski definition) is 2. The standard InChI is InChI=1S/C26H30N2O6/c1-16(2)22(13-24(29)28-11-12-33-23(14-28)25(30)31)27-26(32)34-15-21-19-9-5-3-7-17(19)18-8-4-6-10-20(18)21/h3-10,16,21-23H,11-15H2,1-2H3,(H,27,32)(H,30,31). The number of carbonyl (C=O) groups is 3. The lowest BCUT2D eigenvalue weighted by molar-refractivity contribution is -0.159. The van der Waals surface area contributed by atoms with E-state index in [1.165, 1.54) is 4.90 Å². The van der Waals surface area contributed by atoms with Gasteiger partial charge in [-0.25, -0.2) is 9.59 Å². The Kier molecular flexibility index (Phi) is 7.17. The molecular formula is C26H30N2O6. The molecule has 2 atom stereocenters. The molecule has 1 aliphatic carbocycles. The molecule has 0 saturated carbocycles. The van der Waals surface area contributed by atoms with Crippen molar-refractivity contribution in [3.63, 3.8) is 0 Å². The van der Waals surface area contributed by atoms with Crippen LogP contribution in [0, 0.1) is 5.92 Å². The Morgan fingerprint density at radius 2 is 1.71 bits per heavy atom. The topological polar surface area (TPSA) is 105 Å². The summed E-state index contributed by atoms with van der Waals surface area (Å²) in [5.41, 5.74) is 4.57. The van der Waals surface area contributed by atoms with Crippen LogP contribution in [0.4, 0.5) is 4.79 Å². The van der Waals surface area contributed by atoms with Crippen molar-refractivity contribution < 1.29 is 29.0 Å². The summed E-state index contributed by atoms with van der Waals surface area (Å²) in [5, 5.41) is 12.0. The molecule has 0 spiro atoms. The summed E-state index contributed by atoms with van der Waals surface area (Å²) in [6.07, 6.45) is -1.53. The summed E-state index contributed by atoms with van der Waals surface area (Å²) in [6.45, 7) is 4.54. The second-order valence-electron chi connectivity index (χ2n) is 9.06. The van der Waals surface area contributed by atoms with Crippen LogP contribution in [-0.2, 0) is 19.1 Å². The predicted molar refractivity (Wildman–Crippen MR) is 125 cm³/mol. The van der Waals surface area contributed by atoms with Gasteiger partial charge in [-0.1, -0.05) is 62.4 Å². The zero-order valence-electron chi connectivity index (χ0n) is 19.4. The lowest BCUT2D eigenvalue weighted by atomic mass is 9.98. The Morgan fingerprint density at radius 1 is 1.09 bits per heavy atom. The molecule has 2 aromatic rings. The summed E-state index contributed by atoms with van der Waals surface area (Å²) in [5.74, 6) is -1.36. The van der Waals surface area contributed by atoms with Gasteiger partial charge in [0.1, 0.15) is 6.61 Å². The van der Waals surface area contributed by atoms with E-state index in [0.717, 1.165) is 22.3 Å². The molecule has 1 heterocycles. The van der Waals surface area contributed by atoms with Crippen LogP contribution in [-0.4, -0.2) is 66.4 Å². The van der Waals surface area contributed by atoms with E-state index in [-0.39, 0.29) is 43.9 Å². The molecule has 2 amide bonds. The van der Waals surface area contributed by atoms with Gasteiger partial charge in [0.2, 0.25) is 5.91 Å². The zero-order valence-corrected chi connectivity index (χ0v) is 19.4. The van der Waals surface area contributed by atoms with Crippen molar-refractivity contribution in [2.45, 2.75) is 38.3 Å². The van der Waals surface area contributed by atoms with Gasteiger partial charge in [0, 0.05) is 24.9 Å². The first-order valence-electron chi connectivity index (χ1n) is 11.6. The van der Waals surface area contributed by atoms with Gasteiger partial charge in [-0.2, -0.15) is 0 Å². The van der Waals surface area contributed by atoms with Crippen molar-refractivity contribution in [2.24, 2.45) is 5.92 Å². The highest BCUT2D eigenvalue weighted by atomic mass is 16.5. The van der Waals surface area contributed by atoms with Gasteiger partial charge in [-0.15, -0.1) is 0 Å². The number of aliphatic carboxylic acids is 1. The summed E-state index contributed by atoms with van der Waals surface area (Å²) in [7, 11) is 0. The maximum atomic E-state index is 12.8. The molecular weight excluding hydrogens is 436 g/mol. The summed E-state index contributed by atoms with van der Waals surface area (Å²) < 4.78 is 10.8. The number of ether oxygens (including phenoxy) is 2. The highest BCUT2D eigenvalue weighted by Crippen LogP contribution is 2.44. The molecule has 8 heteroatoms. The molecule has 0 bridgehead atoms. The van der Waals surface area contributed by atoms with E-state index >= 15 is 0 Å². The largest absolute Gasteiger partial charge is 0.479 e. The molecule has 2 aromatic carbocycles. The fraction of sp³-hybridized carbons (Fsp3) is 0.423. The molecule has 8 nitrogen and oxygen atoms in total. The van der Waals surface area contributed by atoms with Crippen molar-refractivity contribution in [3.8, 4) is 11.1 Å². The van der Waals surface area contributed by atoms with E-state index in [2.05, 4.69) is 29.6 Å². The average molecular weight is 467 g/mol. The van der Waals surface area contributed by atoms with Gasteiger partial charge < -0.3 is 24.8 Å². The first kappa shape index (κ1) is 23.8. The van der Waals surface area contributed by atoms with Gasteiger partial charge in [-0.05, 0) is 28.2 Å². The van der Waals surface area contributed by atoms with Crippen LogP contribution < -0.4 is 5.32 Å².